The Morgan fingerprint density at radius 1 is 0.962 bits per heavy atom. The van der Waals surface area contributed by atoms with Crippen LogP contribution in [0.5, 0.6) is 0 Å². The van der Waals surface area contributed by atoms with Crippen LogP contribution in [-0.2, 0) is 17.8 Å². The van der Waals surface area contributed by atoms with Gasteiger partial charge in [0.15, 0.2) is 5.43 Å². The first-order valence-electron chi connectivity index (χ1n) is 19.0. The Labute approximate surface area is 306 Å². The van der Waals surface area contributed by atoms with Gasteiger partial charge in [0, 0.05) is 93.1 Å². The number of hydrogen-bond donors (Lipinski definition) is 0. The van der Waals surface area contributed by atoms with E-state index in [1.54, 1.807) is 11.9 Å². The zero-order valence-electron chi connectivity index (χ0n) is 31.1. The van der Waals surface area contributed by atoms with Crippen LogP contribution in [0.25, 0.3) is 10.9 Å². The highest BCUT2D eigenvalue weighted by Crippen LogP contribution is 2.39. The normalized spacial score (nSPS) is 19.1. The van der Waals surface area contributed by atoms with Crippen molar-refractivity contribution in [1.82, 2.24) is 24.3 Å². The highest BCUT2D eigenvalue weighted by molar-refractivity contribution is 5.84. The first-order valence-corrected chi connectivity index (χ1v) is 19.0. The number of nitrogens with zero attached hydrogens (tertiary/aromatic N) is 7. The van der Waals surface area contributed by atoms with E-state index in [1.165, 1.54) is 6.07 Å². The number of hydrogen-bond acceptors (Lipinski definition) is 8. The molecule has 1 amide bonds. The number of rotatable bonds is 12. The van der Waals surface area contributed by atoms with Crippen molar-refractivity contribution in [2.75, 3.05) is 49.6 Å². The predicted molar refractivity (Wildman–Crippen MR) is 204 cm³/mol. The number of fused-ring (bicyclic) bond motifs is 1. The van der Waals surface area contributed by atoms with Crippen LogP contribution in [0.15, 0.2) is 59.8 Å². The summed E-state index contributed by atoms with van der Waals surface area (Å²) < 4.78 is 23.8. The minimum atomic E-state index is -0.406. The number of pyridine rings is 3. The number of piperidine rings is 1. The third kappa shape index (κ3) is 7.94. The summed E-state index contributed by atoms with van der Waals surface area (Å²) in [6, 6.07) is 12.1. The molecule has 1 aromatic carbocycles. The molecule has 0 radical (unpaired) electrons. The molecular weight excluding hydrogens is 657 g/mol. The second kappa shape index (κ2) is 15.6. The minimum absolute atomic E-state index is 0.0784. The number of aryl methyl sites for hydroxylation is 2. The Morgan fingerprint density at radius 3 is 2.54 bits per heavy atom. The van der Waals surface area contributed by atoms with Crippen LogP contribution in [-0.4, -0.2) is 82.3 Å². The summed E-state index contributed by atoms with van der Waals surface area (Å²) in [7, 11) is 1.76. The van der Waals surface area contributed by atoms with Crippen LogP contribution in [0.2, 0.25) is 0 Å². The number of benzene rings is 1. The minimum Gasteiger partial charge on any atom is -0.449 e. The highest BCUT2D eigenvalue weighted by atomic mass is 19.1. The van der Waals surface area contributed by atoms with Crippen LogP contribution < -0.4 is 15.2 Å². The lowest BCUT2D eigenvalue weighted by Gasteiger charge is -2.40. The Morgan fingerprint density at radius 2 is 1.79 bits per heavy atom. The summed E-state index contributed by atoms with van der Waals surface area (Å²) in [5, 5.41) is 0.425. The Bertz CT molecular complexity index is 1950. The van der Waals surface area contributed by atoms with Gasteiger partial charge in [0.2, 0.25) is 0 Å². The van der Waals surface area contributed by atoms with Crippen molar-refractivity contribution in [1.29, 1.82) is 0 Å². The van der Waals surface area contributed by atoms with Crippen molar-refractivity contribution in [3.8, 4) is 0 Å². The first kappa shape index (κ1) is 35.9. The monoisotopic (exact) mass is 709 g/mol. The SMILES string of the molecule is CCCCOC(=O)N(C)[C@H]1CCN(c2cc3c(cc2F)c(=O)c(CN(Cc2ccnc(C)c2)[C@H]2CCCN(c4ccc(C)nc4)C2)cn3C2CC2)C1. The molecule has 1 aliphatic carbocycles. The van der Waals surface area contributed by atoms with Gasteiger partial charge in [0.25, 0.3) is 0 Å². The van der Waals surface area contributed by atoms with E-state index in [0.29, 0.717) is 49.4 Å². The zero-order valence-corrected chi connectivity index (χ0v) is 31.1. The number of carbonyl (C=O) groups is 1. The molecule has 10 nitrogen and oxygen atoms in total. The number of unbranched alkanes of at least 4 members (excludes halogenated alkanes) is 1. The largest absolute Gasteiger partial charge is 0.449 e. The molecule has 3 aromatic heterocycles. The van der Waals surface area contributed by atoms with Gasteiger partial charge in [-0.25, -0.2) is 9.18 Å². The number of ether oxygens (including phenoxy) is 1. The Balaban J connectivity index is 1.17. The van der Waals surface area contributed by atoms with Crippen LogP contribution in [0.1, 0.15) is 80.4 Å². The van der Waals surface area contributed by atoms with Gasteiger partial charge in [0.1, 0.15) is 5.82 Å². The van der Waals surface area contributed by atoms with Crippen molar-refractivity contribution in [2.24, 2.45) is 0 Å². The summed E-state index contributed by atoms with van der Waals surface area (Å²) in [5.74, 6) is -0.406. The van der Waals surface area contributed by atoms with Gasteiger partial charge >= 0.3 is 6.09 Å². The molecule has 11 heteroatoms. The summed E-state index contributed by atoms with van der Waals surface area (Å²) in [6.07, 6.45) is 12.1. The van der Waals surface area contributed by atoms with Gasteiger partial charge in [-0.1, -0.05) is 13.3 Å². The maximum Gasteiger partial charge on any atom is 0.409 e. The van der Waals surface area contributed by atoms with Gasteiger partial charge in [-0.05, 0) is 94.3 Å². The molecule has 0 bridgehead atoms. The summed E-state index contributed by atoms with van der Waals surface area (Å²) in [6.45, 7) is 10.5. The lowest BCUT2D eigenvalue weighted by Crippen LogP contribution is -2.48. The molecule has 1 saturated carbocycles. The fourth-order valence-electron chi connectivity index (χ4n) is 7.86. The summed E-state index contributed by atoms with van der Waals surface area (Å²) in [4.78, 5) is 44.5. The van der Waals surface area contributed by atoms with E-state index >= 15 is 4.39 Å². The van der Waals surface area contributed by atoms with Gasteiger partial charge < -0.3 is 24.0 Å². The molecule has 2 atom stereocenters. The highest BCUT2D eigenvalue weighted by Gasteiger charge is 2.33. The van der Waals surface area contributed by atoms with Crippen molar-refractivity contribution in [2.45, 2.75) is 96.9 Å². The molecule has 276 valence electrons. The zero-order chi connectivity index (χ0) is 36.4. The molecule has 2 saturated heterocycles. The number of aromatic nitrogens is 3. The topological polar surface area (TPSA) is 87.0 Å². The maximum absolute atomic E-state index is 16.1. The molecular formula is C41H52FN7O3. The third-order valence-electron chi connectivity index (χ3n) is 11.1. The van der Waals surface area contributed by atoms with E-state index in [1.807, 2.05) is 43.4 Å². The smallest absolute Gasteiger partial charge is 0.409 e. The lowest BCUT2D eigenvalue weighted by molar-refractivity contribution is 0.0986. The number of carbonyl (C=O) groups excluding carboxylic acids is 1. The second-order valence-electron chi connectivity index (χ2n) is 15.0. The number of likely N-dealkylation sites (N-methyl/N-ethyl adjacent to an activating group) is 1. The van der Waals surface area contributed by atoms with Crippen molar-refractivity contribution < 1.29 is 13.9 Å². The van der Waals surface area contributed by atoms with Crippen molar-refractivity contribution >= 4 is 28.4 Å². The summed E-state index contributed by atoms with van der Waals surface area (Å²) in [5.41, 5.74) is 6.06. The first-order chi connectivity index (χ1) is 25.2. The quantitative estimate of drug-likeness (QED) is 0.146. The molecule has 3 aliphatic rings. The van der Waals surface area contributed by atoms with Crippen LogP contribution in [0, 0.1) is 19.7 Å². The van der Waals surface area contributed by atoms with E-state index in [0.717, 1.165) is 86.2 Å². The second-order valence-corrected chi connectivity index (χ2v) is 15.0. The maximum atomic E-state index is 16.1. The molecule has 3 fully saturated rings. The number of halogens is 1. The van der Waals surface area contributed by atoms with E-state index in [9.17, 15) is 9.59 Å². The number of amides is 1. The Hall–Kier alpha value is -4.51. The van der Waals surface area contributed by atoms with E-state index in [4.69, 9.17) is 4.74 Å². The number of anilines is 2. The van der Waals surface area contributed by atoms with Crippen LogP contribution in [0.3, 0.4) is 0 Å². The predicted octanol–water partition coefficient (Wildman–Crippen LogP) is 7.00. The van der Waals surface area contributed by atoms with Crippen molar-refractivity contribution in [3.05, 3.63) is 93.5 Å². The van der Waals surface area contributed by atoms with Crippen molar-refractivity contribution in [3.63, 3.8) is 0 Å². The van der Waals surface area contributed by atoms with Gasteiger partial charge in [-0.2, -0.15) is 0 Å². The molecule has 4 aromatic rings. The third-order valence-corrected chi connectivity index (χ3v) is 11.1. The van der Waals surface area contributed by atoms with Crippen LogP contribution >= 0.6 is 0 Å². The average molecular weight is 710 g/mol. The molecule has 0 spiro atoms. The van der Waals surface area contributed by atoms with E-state index in [-0.39, 0.29) is 29.6 Å². The van der Waals surface area contributed by atoms with Gasteiger partial charge in [-0.3, -0.25) is 19.7 Å². The Kier molecular flexibility index (Phi) is 10.8. The molecule has 0 unspecified atom stereocenters. The van der Waals surface area contributed by atoms with E-state index in [2.05, 4.69) is 55.5 Å². The van der Waals surface area contributed by atoms with Gasteiger partial charge in [0.05, 0.1) is 35.7 Å². The van der Waals surface area contributed by atoms with Crippen LogP contribution in [0.4, 0.5) is 20.6 Å². The molecule has 2 aliphatic heterocycles. The molecule has 52 heavy (non-hydrogen) atoms. The molecule has 5 heterocycles. The van der Waals surface area contributed by atoms with E-state index < -0.39 is 5.82 Å². The lowest BCUT2D eigenvalue weighted by atomic mass is 10.0. The van der Waals surface area contributed by atoms with Gasteiger partial charge in [-0.15, -0.1) is 0 Å². The molecule has 0 N–H and O–H groups in total. The fraction of sp³-hybridized carbons (Fsp3) is 0.512. The summed E-state index contributed by atoms with van der Waals surface area (Å²) >= 11 is 0. The standard InChI is InChI=1S/C41H52FN7O3/c1-5-6-18-52-41(51)45(4)34-14-17-47(26-34)39-21-38-36(20-37(39)42)40(50)31(25-49(38)32-11-12-32)24-48(23-30-13-15-43-29(3)19-30)35-8-7-16-46(27-35)33-10-9-28(2)44-22-33/h9-10,13,15,19-22,25,32,34-35H,5-8,11-12,14,16-18,23-24,26-27H2,1-4H3/t34-,35-/m0/s1. The fourth-order valence-corrected chi connectivity index (χ4v) is 7.86. The molecule has 7 rings (SSSR count). The average Bonchev–Trinajstić information content (AvgIpc) is 3.88.